The van der Waals surface area contributed by atoms with Gasteiger partial charge in [-0.3, -0.25) is 0 Å². The Hall–Kier alpha value is -1.27. The third-order valence-electron chi connectivity index (χ3n) is 3.33. The third kappa shape index (κ3) is 3.98. The van der Waals surface area contributed by atoms with Gasteiger partial charge in [0.05, 0.1) is 17.6 Å². The summed E-state index contributed by atoms with van der Waals surface area (Å²) in [6.07, 6.45) is 0. The molecule has 2 heterocycles. The Kier molecular flexibility index (Phi) is 5.43. The van der Waals surface area contributed by atoms with Crippen LogP contribution in [0.15, 0.2) is 41.6 Å². The predicted octanol–water partition coefficient (Wildman–Crippen LogP) is 4.68. The number of hydrogen-bond acceptors (Lipinski definition) is 4. The van der Waals surface area contributed by atoms with Crippen LogP contribution in [0.1, 0.15) is 5.56 Å². The average Bonchev–Trinajstić information content (AvgIpc) is 2.87. The number of pyridine rings is 1. The number of aromatic nitrogens is 3. The predicted molar refractivity (Wildman–Crippen MR) is 95.4 cm³/mol. The van der Waals surface area contributed by atoms with E-state index in [1.165, 1.54) is 0 Å². The maximum Gasteiger partial charge on any atom is 0.169 e. The maximum absolute atomic E-state index is 5.95. The minimum atomic E-state index is 0.404. The Bertz CT molecular complexity index is 802. The smallest absolute Gasteiger partial charge is 0.169 e. The highest BCUT2D eigenvalue weighted by Crippen LogP contribution is 2.28. The second kappa shape index (κ2) is 7.53. The van der Waals surface area contributed by atoms with Crippen molar-refractivity contribution in [1.82, 2.24) is 14.5 Å². The molecule has 7 heteroatoms. The first-order chi connectivity index (χ1) is 11.2. The molecule has 0 aliphatic heterocycles. The van der Waals surface area contributed by atoms with Crippen LogP contribution < -0.4 is 0 Å². The molecular weight excluding hydrogens is 353 g/mol. The second-order valence-corrected chi connectivity index (χ2v) is 6.65. The molecule has 0 bridgehead atoms. The first kappa shape index (κ1) is 16.6. The number of halogens is 2. The van der Waals surface area contributed by atoms with Crippen molar-refractivity contribution >= 4 is 46.0 Å². The van der Waals surface area contributed by atoms with Gasteiger partial charge in [0, 0.05) is 19.4 Å². The van der Waals surface area contributed by atoms with Gasteiger partial charge in [0.25, 0.3) is 0 Å². The van der Waals surface area contributed by atoms with Gasteiger partial charge in [0.2, 0.25) is 0 Å². The number of benzene rings is 1. The Morgan fingerprint density at radius 2 is 1.87 bits per heavy atom. The molecule has 0 saturated heterocycles. The van der Waals surface area contributed by atoms with Crippen molar-refractivity contribution in [1.29, 1.82) is 0 Å². The molecule has 3 rings (SSSR count). The summed E-state index contributed by atoms with van der Waals surface area (Å²) in [7, 11) is 1.70. The maximum atomic E-state index is 5.95. The largest absolute Gasteiger partial charge is 0.383 e. The number of nitrogens with zero attached hydrogens (tertiary/aromatic N) is 3. The highest BCUT2D eigenvalue weighted by Gasteiger charge is 2.11. The molecule has 0 N–H and O–H groups in total. The molecule has 0 radical (unpaired) electrons. The van der Waals surface area contributed by atoms with Crippen LogP contribution in [-0.4, -0.2) is 28.3 Å². The van der Waals surface area contributed by atoms with E-state index in [1.54, 1.807) is 18.9 Å². The number of methoxy groups -OCH3 is 1. The number of imidazole rings is 1. The van der Waals surface area contributed by atoms with E-state index in [4.69, 9.17) is 32.9 Å². The molecule has 0 atom stereocenters. The molecule has 23 heavy (non-hydrogen) atoms. The van der Waals surface area contributed by atoms with E-state index < -0.39 is 0 Å². The van der Waals surface area contributed by atoms with Gasteiger partial charge >= 0.3 is 0 Å². The van der Waals surface area contributed by atoms with E-state index in [0.29, 0.717) is 16.9 Å². The molecule has 0 unspecified atom stereocenters. The fraction of sp³-hybridized carbons (Fsp3) is 0.250. The number of fused-ring (bicyclic) bond motifs is 1. The quantitative estimate of drug-likeness (QED) is 0.468. The van der Waals surface area contributed by atoms with E-state index in [2.05, 4.69) is 15.6 Å². The van der Waals surface area contributed by atoms with Gasteiger partial charge in [-0.1, -0.05) is 47.1 Å². The minimum absolute atomic E-state index is 0.404. The first-order valence-corrected chi connectivity index (χ1v) is 8.80. The zero-order valence-electron chi connectivity index (χ0n) is 12.5. The summed E-state index contributed by atoms with van der Waals surface area (Å²) in [6, 6.07) is 11.7. The molecule has 1 aromatic carbocycles. The van der Waals surface area contributed by atoms with Crippen LogP contribution in [0.3, 0.4) is 0 Å². The molecule has 2 aromatic heterocycles. The second-order valence-electron chi connectivity index (χ2n) is 4.94. The molecule has 0 saturated carbocycles. The summed E-state index contributed by atoms with van der Waals surface area (Å²) in [4.78, 5) is 8.68. The van der Waals surface area contributed by atoms with Gasteiger partial charge in [-0.2, -0.15) is 0 Å². The highest BCUT2D eigenvalue weighted by atomic mass is 35.5. The van der Waals surface area contributed by atoms with Gasteiger partial charge in [0.1, 0.15) is 10.3 Å². The van der Waals surface area contributed by atoms with Crippen molar-refractivity contribution in [2.24, 2.45) is 0 Å². The third-order valence-corrected chi connectivity index (χ3v) is 4.76. The molecule has 120 valence electrons. The Morgan fingerprint density at radius 1 is 1.13 bits per heavy atom. The normalized spacial score (nSPS) is 11.3. The monoisotopic (exact) mass is 367 g/mol. The van der Waals surface area contributed by atoms with Crippen molar-refractivity contribution in [3.05, 3.63) is 52.3 Å². The first-order valence-electron chi connectivity index (χ1n) is 7.06. The Balaban J connectivity index is 1.86. The van der Waals surface area contributed by atoms with Gasteiger partial charge < -0.3 is 9.30 Å². The molecule has 0 aliphatic rings. The molecule has 0 amide bonds. The van der Waals surface area contributed by atoms with Crippen molar-refractivity contribution < 1.29 is 4.74 Å². The minimum Gasteiger partial charge on any atom is -0.383 e. The SMILES string of the molecule is COCCn1c(SCc2cc(Cl)nc(Cl)c2)nc2ccccc21. The lowest BCUT2D eigenvalue weighted by molar-refractivity contribution is 0.186. The zero-order chi connectivity index (χ0) is 16.2. The van der Waals surface area contributed by atoms with Crippen LogP contribution in [0.5, 0.6) is 0 Å². The highest BCUT2D eigenvalue weighted by molar-refractivity contribution is 7.98. The van der Waals surface area contributed by atoms with Crippen LogP contribution in [0, 0.1) is 0 Å². The molecular formula is C16H15Cl2N3OS. The summed E-state index contributed by atoms with van der Waals surface area (Å²) in [5.41, 5.74) is 3.11. The van der Waals surface area contributed by atoms with Crippen molar-refractivity contribution in [2.45, 2.75) is 17.5 Å². The van der Waals surface area contributed by atoms with Gasteiger partial charge in [0.15, 0.2) is 5.16 Å². The van der Waals surface area contributed by atoms with E-state index in [1.807, 2.05) is 30.3 Å². The lowest BCUT2D eigenvalue weighted by Gasteiger charge is -2.08. The number of para-hydroxylation sites is 2. The molecule has 0 fully saturated rings. The van der Waals surface area contributed by atoms with Crippen LogP contribution in [0.2, 0.25) is 10.3 Å². The number of ether oxygens (including phenoxy) is 1. The van der Waals surface area contributed by atoms with Crippen LogP contribution in [-0.2, 0) is 17.0 Å². The van der Waals surface area contributed by atoms with E-state index in [9.17, 15) is 0 Å². The summed E-state index contributed by atoms with van der Waals surface area (Å²) in [5.74, 6) is 0.721. The van der Waals surface area contributed by atoms with Crippen LogP contribution in [0.25, 0.3) is 11.0 Å². The summed E-state index contributed by atoms with van der Waals surface area (Å²) in [6.45, 7) is 1.40. The summed E-state index contributed by atoms with van der Waals surface area (Å²) >= 11 is 13.6. The van der Waals surface area contributed by atoms with Gasteiger partial charge in [-0.25, -0.2) is 9.97 Å². The van der Waals surface area contributed by atoms with Gasteiger partial charge in [-0.05, 0) is 29.8 Å². The van der Waals surface area contributed by atoms with E-state index in [0.717, 1.165) is 34.1 Å². The fourth-order valence-electron chi connectivity index (χ4n) is 2.31. The van der Waals surface area contributed by atoms with Crippen molar-refractivity contribution in [3.63, 3.8) is 0 Å². The average molecular weight is 368 g/mol. The van der Waals surface area contributed by atoms with E-state index >= 15 is 0 Å². The topological polar surface area (TPSA) is 39.9 Å². The summed E-state index contributed by atoms with van der Waals surface area (Å²) < 4.78 is 7.39. The molecule has 3 aromatic rings. The number of rotatable bonds is 6. The summed E-state index contributed by atoms with van der Waals surface area (Å²) in [5, 5.41) is 1.76. The molecule has 0 spiro atoms. The Morgan fingerprint density at radius 3 is 2.61 bits per heavy atom. The van der Waals surface area contributed by atoms with Crippen molar-refractivity contribution in [2.75, 3.05) is 13.7 Å². The standard InChI is InChI=1S/C16H15Cl2N3OS/c1-22-7-6-21-13-5-3-2-4-12(13)19-16(21)23-10-11-8-14(17)20-15(18)9-11/h2-5,8-9H,6-7,10H2,1H3. The van der Waals surface area contributed by atoms with E-state index in [-0.39, 0.29) is 0 Å². The number of hydrogen-bond donors (Lipinski definition) is 0. The molecule has 4 nitrogen and oxygen atoms in total. The lowest BCUT2D eigenvalue weighted by atomic mass is 10.3. The fourth-order valence-corrected chi connectivity index (χ4v) is 3.78. The Labute approximate surface area is 148 Å². The van der Waals surface area contributed by atoms with Crippen molar-refractivity contribution in [3.8, 4) is 0 Å². The molecule has 0 aliphatic carbocycles. The zero-order valence-corrected chi connectivity index (χ0v) is 14.8. The van der Waals surface area contributed by atoms with Gasteiger partial charge in [-0.15, -0.1) is 0 Å². The van der Waals surface area contributed by atoms with Crippen LogP contribution in [0.4, 0.5) is 0 Å². The van der Waals surface area contributed by atoms with Crippen LogP contribution >= 0.6 is 35.0 Å². The number of thioether (sulfide) groups is 1. The lowest BCUT2D eigenvalue weighted by Crippen LogP contribution is -2.05.